The van der Waals surface area contributed by atoms with E-state index in [1.54, 1.807) is 18.2 Å². The summed E-state index contributed by atoms with van der Waals surface area (Å²) in [4.78, 5) is 27.4. The zero-order chi connectivity index (χ0) is 26.5. The van der Waals surface area contributed by atoms with Gasteiger partial charge in [0.25, 0.3) is 10.0 Å². The number of sulfonamides is 1. The van der Waals surface area contributed by atoms with Crippen molar-refractivity contribution in [3.63, 3.8) is 0 Å². The smallest absolute Gasteiger partial charge is 0.357 e. The normalized spacial score (nSPS) is 18.9. The lowest BCUT2D eigenvalue weighted by molar-refractivity contribution is -0.201. The fourth-order valence-corrected chi connectivity index (χ4v) is 5.57. The molecule has 192 valence electrons. The third-order valence-corrected chi connectivity index (χ3v) is 7.72. The SMILES string of the molecule is O=C(CC1C=CC=CC1(O)OCc1ccccc1)Nc1ccc(S(=O)(=O)Nc2scnc2C(=O)O)cc1. The number of nitrogens with one attached hydrogen (secondary N) is 2. The molecule has 1 aliphatic carbocycles. The average molecular weight is 542 g/mol. The number of aliphatic hydroxyl groups is 1. The van der Waals surface area contributed by atoms with Gasteiger partial charge in [-0.3, -0.25) is 9.52 Å². The van der Waals surface area contributed by atoms with E-state index in [0.717, 1.165) is 16.9 Å². The number of benzene rings is 2. The number of amides is 1. The second-order valence-corrected chi connectivity index (χ2v) is 10.6. The molecule has 37 heavy (non-hydrogen) atoms. The van der Waals surface area contributed by atoms with Crippen LogP contribution >= 0.6 is 11.3 Å². The molecule has 0 bridgehead atoms. The summed E-state index contributed by atoms with van der Waals surface area (Å²) in [5, 5.41) is 22.7. The highest BCUT2D eigenvalue weighted by Crippen LogP contribution is 2.30. The molecule has 3 aromatic rings. The number of ether oxygens (including phenoxy) is 1. The number of anilines is 2. The van der Waals surface area contributed by atoms with E-state index in [9.17, 15) is 23.1 Å². The van der Waals surface area contributed by atoms with Crippen LogP contribution in [-0.2, 0) is 26.2 Å². The van der Waals surface area contributed by atoms with Crippen LogP contribution in [0.1, 0.15) is 22.5 Å². The van der Waals surface area contributed by atoms with E-state index in [-0.39, 0.29) is 22.9 Å². The first-order chi connectivity index (χ1) is 17.7. The zero-order valence-electron chi connectivity index (χ0n) is 19.3. The highest BCUT2D eigenvalue weighted by molar-refractivity contribution is 7.93. The Morgan fingerprint density at radius 1 is 1.08 bits per heavy atom. The molecule has 0 aliphatic heterocycles. The van der Waals surface area contributed by atoms with Crippen molar-refractivity contribution in [1.82, 2.24) is 4.98 Å². The van der Waals surface area contributed by atoms with E-state index in [2.05, 4.69) is 15.0 Å². The third-order valence-electron chi connectivity index (χ3n) is 5.48. The highest BCUT2D eigenvalue weighted by Gasteiger charge is 2.36. The topological polar surface area (TPSA) is 155 Å². The minimum atomic E-state index is -4.07. The van der Waals surface area contributed by atoms with Crippen molar-refractivity contribution in [1.29, 1.82) is 0 Å². The van der Waals surface area contributed by atoms with Crippen molar-refractivity contribution in [2.24, 2.45) is 5.92 Å². The van der Waals surface area contributed by atoms with Gasteiger partial charge in [0.15, 0.2) is 11.5 Å². The Bertz CT molecular complexity index is 1430. The van der Waals surface area contributed by atoms with Crippen molar-refractivity contribution in [3.8, 4) is 0 Å². The number of carboxylic acid groups (broad SMARTS) is 1. The van der Waals surface area contributed by atoms with Crippen molar-refractivity contribution in [2.45, 2.75) is 23.7 Å². The number of thiazole rings is 1. The molecule has 4 rings (SSSR count). The number of carbonyl (C=O) groups is 2. The molecule has 0 fully saturated rings. The molecule has 2 aromatic carbocycles. The monoisotopic (exact) mass is 541 g/mol. The molecule has 2 atom stereocenters. The summed E-state index contributed by atoms with van der Waals surface area (Å²) in [6, 6.07) is 14.7. The molecule has 0 spiro atoms. The number of rotatable bonds is 10. The van der Waals surface area contributed by atoms with Crippen molar-refractivity contribution in [2.75, 3.05) is 10.0 Å². The van der Waals surface area contributed by atoms with E-state index < -0.39 is 39.3 Å². The minimum absolute atomic E-state index is 0.0862. The van der Waals surface area contributed by atoms with Crippen LogP contribution < -0.4 is 10.0 Å². The molecule has 1 heterocycles. The molecule has 12 heteroatoms. The van der Waals surface area contributed by atoms with Gasteiger partial charge >= 0.3 is 5.97 Å². The van der Waals surface area contributed by atoms with Crippen molar-refractivity contribution < 1.29 is 33.0 Å². The molecule has 1 aliphatic rings. The van der Waals surface area contributed by atoms with Gasteiger partial charge in [-0.1, -0.05) is 48.6 Å². The van der Waals surface area contributed by atoms with E-state index in [4.69, 9.17) is 9.84 Å². The average Bonchev–Trinajstić information content (AvgIpc) is 3.33. The molecule has 1 amide bonds. The van der Waals surface area contributed by atoms with Gasteiger partial charge in [0, 0.05) is 18.0 Å². The minimum Gasteiger partial charge on any atom is -0.476 e. The summed E-state index contributed by atoms with van der Waals surface area (Å²) in [6.45, 7) is 0.160. The number of aromatic carboxylic acids is 1. The molecule has 1 aromatic heterocycles. The summed E-state index contributed by atoms with van der Waals surface area (Å²) in [5.41, 5.74) is 2.06. The largest absolute Gasteiger partial charge is 0.476 e. The molecule has 2 unspecified atom stereocenters. The van der Waals surface area contributed by atoms with Crippen LogP contribution in [-0.4, -0.2) is 41.3 Å². The first kappa shape index (κ1) is 26.2. The van der Waals surface area contributed by atoms with Crippen LogP contribution in [0.5, 0.6) is 0 Å². The molecular weight excluding hydrogens is 518 g/mol. The van der Waals surface area contributed by atoms with Crippen LogP contribution in [0.4, 0.5) is 10.7 Å². The molecule has 0 saturated carbocycles. The number of nitrogens with zero attached hydrogens (tertiary/aromatic N) is 1. The number of carboxylic acids is 1. The first-order valence-corrected chi connectivity index (χ1v) is 13.4. The third kappa shape index (κ3) is 6.49. The van der Waals surface area contributed by atoms with Gasteiger partial charge in [0.05, 0.1) is 17.0 Å². The lowest BCUT2D eigenvalue weighted by atomic mass is 9.90. The molecule has 4 N–H and O–H groups in total. The fraction of sp³-hybridized carbons (Fsp3) is 0.160. The van der Waals surface area contributed by atoms with E-state index >= 15 is 0 Å². The Morgan fingerprint density at radius 2 is 1.81 bits per heavy atom. The van der Waals surface area contributed by atoms with E-state index in [1.807, 2.05) is 30.3 Å². The van der Waals surface area contributed by atoms with Crippen LogP contribution in [0.25, 0.3) is 0 Å². The Kier molecular flexibility index (Phi) is 7.83. The number of aromatic nitrogens is 1. The van der Waals surface area contributed by atoms with Gasteiger partial charge in [0.2, 0.25) is 5.91 Å². The van der Waals surface area contributed by atoms with Gasteiger partial charge in [-0.2, -0.15) is 0 Å². The van der Waals surface area contributed by atoms with Gasteiger partial charge in [-0.25, -0.2) is 18.2 Å². The molecular formula is C25H23N3O7S2. The second kappa shape index (κ2) is 11.0. The number of hydrogen-bond donors (Lipinski definition) is 4. The molecule has 10 nitrogen and oxygen atoms in total. The van der Waals surface area contributed by atoms with Crippen LogP contribution in [0.15, 0.2) is 89.3 Å². The maximum absolute atomic E-state index is 12.7. The second-order valence-electron chi connectivity index (χ2n) is 8.09. The lowest BCUT2D eigenvalue weighted by Crippen LogP contribution is -2.40. The first-order valence-electron chi connectivity index (χ1n) is 11.0. The zero-order valence-corrected chi connectivity index (χ0v) is 20.9. The number of hydrogen-bond acceptors (Lipinski definition) is 8. The van der Waals surface area contributed by atoms with Crippen LogP contribution in [0.2, 0.25) is 0 Å². The Labute approximate surface area is 217 Å². The maximum atomic E-state index is 12.7. The highest BCUT2D eigenvalue weighted by atomic mass is 32.2. The Balaban J connectivity index is 1.38. The quantitative estimate of drug-likeness (QED) is 0.284. The maximum Gasteiger partial charge on any atom is 0.357 e. The predicted octanol–water partition coefficient (Wildman–Crippen LogP) is 3.62. The summed E-state index contributed by atoms with van der Waals surface area (Å²) < 4.78 is 33.3. The standard InChI is InChI=1S/C25H23N3O7S2/c29-21(14-18-8-4-5-13-25(18,32)35-15-17-6-2-1-3-7-17)27-19-9-11-20(12-10-19)37(33,34)28-23-22(24(30)31)26-16-36-23/h1-13,16,18,28,32H,14-15H2,(H,27,29)(H,30,31). The van der Waals surface area contributed by atoms with Crippen LogP contribution in [0, 0.1) is 5.92 Å². The van der Waals surface area contributed by atoms with Crippen LogP contribution in [0.3, 0.4) is 0 Å². The van der Waals surface area contributed by atoms with Gasteiger partial charge in [0.1, 0.15) is 5.00 Å². The van der Waals surface area contributed by atoms with Gasteiger partial charge in [-0.05, 0) is 35.9 Å². The predicted molar refractivity (Wildman–Crippen MR) is 138 cm³/mol. The summed E-state index contributed by atoms with van der Waals surface area (Å²) in [5.74, 6) is -4.07. The summed E-state index contributed by atoms with van der Waals surface area (Å²) in [7, 11) is -4.07. The Morgan fingerprint density at radius 3 is 2.51 bits per heavy atom. The number of carbonyl (C=O) groups excluding carboxylic acids is 1. The van der Waals surface area contributed by atoms with Crippen molar-refractivity contribution >= 4 is 43.9 Å². The number of allylic oxidation sites excluding steroid dienone is 2. The fourth-order valence-electron chi connectivity index (χ4n) is 3.58. The van der Waals surface area contributed by atoms with E-state index in [1.165, 1.54) is 35.9 Å². The summed E-state index contributed by atoms with van der Waals surface area (Å²) in [6.07, 6.45) is 6.48. The van der Waals surface area contributed by atoms with Crippen molar-refractivity contribution in [3.05, 3.63) is 95.7 Å². The molecule has 0 saturated heterocycles. The molecule has 0 radical (unpaired) electrons. The van der Waals surface area contributed by atoms with E-state index in [0.29, 0.717) is 5.69 Å². The van der Waals surface area contributed by atoms with Gasteiger partial charge in [-0.15, -0.1) is 11.3 Å². The van der Waals surface area contributed by atoms with Gasteiger partial charge < -0.3 is 20.3 Å². The summed E-state index contributed by atoms with van der Waals surface area (Å²) >= 11 is 0.849. The Hall–Kier alpha value is -3.84. The lowest BCUT2D eigenvalue weighted by Gasteiger charge is -2.33.